The first-order chi connectivity index (χ1) is 9.02. The van der Waals surface area contributed by atoms with Crippen LogP contribution in [0.3, 0.4) is 0 Å². The fourth-order valence-electron chi connectivity index (χ4n) is 1.65. The fraction of sp³-hybridized carbons (Fsp3) is 0.455. The summed E-state index contributed by atoms with van der Waals surface area (Å²) in [4.78, 5) is 29.3. The van der Waals surface area contributed by atoms with Crippen molar-refractivity contribution in [1.82, 2.24) is 14.6 Å². The number of carbonyl (C=O) groups is 1. The largest absolute Gasteiger partial charge is 0.469 e. The van der Waals surface area contributed by atoms with Gasteiger partial charge in [-0.05, 0) is 0 Å². The van der Waals surface area contributed by atoms with Gasteiger partial charge in [-0.2, -0.15) is 4.52 Å². The predicted molar refractivity (Wildman–Crippen MR) is 71.6 cm³/mol. The molecule has 2 heterocycles. The molecular formula is C11H14N4O3S. The summed E-state index contributed by atoms with van der Waals surface area (Å²) in [5, 5.41) is 4.82. The Kier molecular flexibility index (Phi) is 3.79. The molecule has 2 aromatic rings. The number of methoxy groups -OCH3 is 1. The third-order valence-corrected chi connectivity index (χ3v) is 3.67. The van der Waals surface area contributed by atoms with Gasteiger partial charge in [-0.25, -0.2) is 4.98 Å². The number of nitrogens with zero attached hydrogens (tertiary/aromatic N) is 4. The second-order valence-corrected chi connectivity index (χ2v) is 5.10. The first-order valence-electron chi connectivity index (χ1n) is 5.66. The molecule has 8 heteroatoms. The molecule has 0 aliphatic heterocycles. The third-order valence-electron chi connectivity index (χ3n) is 2.64. The van der Waals surface area contributed by atoms with Gasteiger partial charge in [0, 0.05) is 25.9 Å². The topological polar surface area (TPSA) is 76.8 Å². The lowest BCUT2D eigenvalue weighted by atomic mass is 10.2. The summed E-state index contributed by atoms with van der Waals surface area (Å²) in [6, 6.07) is 1.35. The SMILES string of the molecule is COC(=O)C(C)CN(C)c1nn2c(=O)ccnc2s1. The monoisotopic (exact) mass is 282 g/mol. The highest BCUT2D eigenvalue weighted by Gasteiger charge is 2.18. The quantitative estimate of drug-likeness (QED) is 0.755. The summed E-state index contributed by atoms with van der Waals surface area (Å²) in [7, 11) is 3.17. The summed E-state index contributed by atoms with van der Waals surface area (Å²) in [6.45, 7) is 2.24. The van der Waals surface area contributed by atoms with E-state index in [0.29, 0.717) is 16.6 Å². The van der Waals surface area contributed by atoms with Crippen molar-refractivity contribution in [3.05, 3.63) is 22.6 Å². The van der Waals surface area contributed by atoms with E-state index >= 15 is 0 Å². The van der Waals surface area contributed by atoms with E-state index in [-0.39, 0.29) is 17.4 Å². The number of carbonyl (C=O) groups excluding carboxylic acids is 1. The molecule has 2 rings (SSSR count). The Bertz CT molecular complexity index is 651. The molecule has 0 amide bonds. The van der Waals surface area contributed by atoms with Gasteiger partial charge in [-0.1, -0.05) is 18.3 Å². The van der Waals surface area contributed by atoms with Gasteiger partial charge in [0.05, 0.1) is 13.0 Å². The molecular weight excluding hydrogens is 268 g/mol. The van der Waals surface area contributed by atoms with Crippen molar-refractivity contribution in [2.75, 3.05) is 25.6 Å². The van der Waals surface area contributed by atoms with E-state index < -0.39 is 0 Å². The Labute approximate surface area is 113 Å². The van der Waals surface area contributed by atoms with Gasteiger partial charge < -0.3 is 9.64 Å². The smallest absolute Gasteiger partial charge is 0.310 e. The molecule has 1 atom stereocenters. The first-order valence-corrected chi connectivity index (χ1v) is 6.48. The number of hydrogen-bond donors (Lipinski definition) is 0. The maximum Gasteiger partial charge on any atom is 0.310 e. The van der Waals surface area contributed by atoms with Crippen molar-refractivity contribution in [2.45, 2.75) is 6.92 Å². The maximum absolute atomic E-state index is 11.6. The summed E-state index contributed by atoms with van der Waals surface area (Å²) >= 11 is 1.30. The minimum absolute atomic E-state index is 0.220. The van der Waals surface area contributed by atoms with Crippen molar-refractivity contribution < 1.29 is 9.53 Å². The Morgan fingerprint density at radius 2 is 2.37 bits per heavy atom. The van der Waals surface area contributed by atoms with Crippen LogP contribution in [-0.2, 0) is 9.53 Å². The zero-order valence-electron chi connectivity index (χ0n) is 10.9. The van der Waals surface area contributed by atoms with Crippen LogP contribution in [0.2, 0.25) is 0 Å². The molecule has 0 aliphatic carbocycles. The van der Waals surface area contributed by atoms with E-state index in [1.54, 1.807) is 11.8 Å². The molecule has 0 fully saturated rings. The molecule has 0 aromatic carbocycles. The van der Waals surface area contributed by atoms with Crippen LogP contribution in [0.15, 0.2) is 17.1 Å². The van der Waals surface area contributed by atoms with Crippen LogP contribution in [-0.4, -0.2) is 41.3 Å². The Morgan fingerprint density at radius 3 is 3.00 bits per heavy atom. The van der Waals surface area contributed by atoms with Crippen LogP contribution < -0.4 is 10.5 Å². The number of anilines is 1. The zero-order chi connectivity index (χ0) is 14.0. The van der Waals surface area contributed by atoms with Crippen molar-refractivity contribution in [3.8, 4) is 0 Å². The van der Waals surface area contributed by atoms with E-state index in [1.165, 1.54) is 35.2 Å². The number of aromatic nitrogens is 3. The molecule has 7 nitrogen and oxygen atoms in total. The van der Waals surface area contributed by atoms with Crippen molar-refractivity contribution in [2.24, 2.45) is 5.92 Å². The molecule has 1 unspecified atom stereocenters. The van der Waals surface area contributed by atoms with Gasteiger partial charge >= 0.3 is 5.97 Å². The Hall–Kier alpha value is -1.96. The summed E-state index contributed by atoms with van der Waals surface area (Å²) in [6.07, 6.45) is 1.46. The number of fused-ring (bicyclic) bond motifs is 1. The van der Waals surface area contributed by atoms with Crippen LogP contribution in [0.4, 0.5) is 5.13 Å². The van der Waals surface area contributed by atoms with E-state index in [1.807, 2.05) is 7.05 Å². The standard InChI is InChI=1S/C11H14N4O3S/c1-7(9(17)18-3)6-14(2)11-13-15-8(16)4-5-12-10(15)19-11/h4-5,7H,6H2,1-3H3. The molecule has 0 saturated carbocycles. The van der Waals surface area contributed by atoms with Crippen LogP contribution >= 0.6 is 11.3 Å². The normalized spacial score (nSPS) is 12.4. The molecule has 0 saturated heterocycles. The minimum Gasteiger partial charge on any atom is -0.469 e. The average molecular weight is 282 g/mol. The lowest BCUT2D eigenvalue weighted by molar-refractivity contribution is -0.144. The van der Waals surface area contributed by atoms with Crippen molar-refractivity contribution >= 4 is 27.4 Å². The van der Waals surface area contributed by atoms with E-state index in [0.717, 1.165) is 0 Å². The van der Waals surface area contributed by atoms with Crippen molar-refractivity contribution in [1.29, 1.82) is 0 Å². The third kappa shape index (κ3) is 2.73. The Balaban J connectivity index is 2.22. The molecule has 0 aliphatic rings. The Morgan fingerprint density at radius 1 is 1.63 bits per heavy atom. The second kappa shape index (κ2) is 5.35. The van der Waals surface area contributed by atoms with E-state index in [9.17, 15) is 9.59 Å². The van der Waals surface area contributed by atoms with Crippen LogP contribution in [0.1, 0.15) is 6.92 Å². The number of ether oxygens (including phenoxy) is 1. The lowest BCUT2D eigenvalue weighted by Crippen LogP contribution is -2.29. The average Bonchev–Trinajstić information content (AvgIpc) is 2.83. The van der Waals surface area contributed by atoms with Gasteiger partial charge in [0.2, 0.25) is 10.1 Å². The van der Waals surface area contributed by atoms with Crippen LogP contribution in [0.5, 0.6) is 0 Å². The molecule has 0 bridgehead atoms. The summed E-state index contributed by atoms with van der Waals surface area (Å²) in [5.74, 6) is -0.546. The predicted octanol–water partition coefficient (Wildman–Crippen LogP) is 0.396. The van der Waals surface area contributed by atoms with Gasteiger partial charge in [0.15, 0.2) is 0 Å². The van der Waals surface area contributed by atoms with Crippen molar-refractivity contribution in [3.63, 3.8) is 0 Å². The maximum atomic E-state index is 11.6. The summed E-state index contributed by atoms with van der Waals surface area (Å²) in [5.41, 5.74) is -0.220. The van der Waals surface area contributed by atoms with E-state index in [2.05, 4.69) is 14.8 Å². The highest BCUT2D eigenvalue weighted by Crippen LogP contribution is 2.20. The van der Waals surface area contributed by atoms with E-state index in [4.69, 9.17) is 0 Å². The van der Waals surface area contributed by atoms with Crippen LogP contribution in [0, 0.1) is 5.92 Å². The van der Waals surface area contributed by atoms with Gasteiger partial charge in [0.25, 0.3) is 5.56 Å². The highest BCUT2D eigenvalue weighted by molar-refractivity contribution is 7.20. The van der Waals surface area contributed by atoms with Gasteiger partial charge in [-0.15, -0.1) is 5.10 Å². The molecule has 0 spiro atoms. The zero-order valence-corrected chi connectivity index (χ0v) is 11.7. The highest BCUT2D eigenvalue weighted by atomic mass is 32.1. The van der Waals surface area contributed by atoms with Crippen LogP contribution in [0.25, 0.3) is 4.96 Å². The molecule has 0 radical (unpaired) electrons. The van der Waals surface area contributed by atoms with Gasteiger partial charge in [0.1, 0.15) is 0 Å². The fourth-order valence-corrected chi connectivity index (χ4v) is 2.50. The second-order valence-electron chi connectivity index (χ2n) is 4.17. The number of rotatable bonds is 4. The van der Waals surface area contributed by atoms with Gasteiger partial charge in [-0.3, -0.25) is 9.59 Å². The number of hydrogen-bond acceptors (Lipinski definition) is 7. The first kappa shape index (κ1) is 13.5. The minimum atomic E-state index is -0.275. The molecule has 102 valence electrons. The number of esters is 1. The molecule has 2 aromatic heterocycles. The lowest BCUT2D eigenvalue weighted by Gasteiger charge is -2.18. The molecule has 0 N–H and O–H groups in total. The molecule has 19 heavy (non-hydrogen) atoms. The summed E-state index contributed by atoms with van der Waals surface area (Å²) < 4.78 is 5.93.